The van der Waals surface area contributed by atoms with Crippen LogP contribution in [0.3, 0.4) is 0 Å². The van der Waals surface area contributed by atoms with Gasteiger partial charge in [0.25, 0.3) is 0 Å². The van der Waals surface area contributed by atoms with Crippen LogP contribution < -0.4 is 39.4 Å². The molecule has 0 saturated heterocycles. The van der Waals surface area contributed by atoms with Gasteiger partial charge in [0.1, 0.15) is 5.75 Å². The fourth-order valence-electron chi connectivity index (χ4n) is 5.39. The van der Waals surface area contributed by atoms with E-state index in [9.17, 15) is 14.7 Å². The smallest absolute Gasteiger partial charge is 0.550 e. The first-order valence-electron chi connectivity index (χ1n) is 14.7. The number of carbonyl (C=O) groups excluding carboxylic acids is 2. The summed E-state index contributed by atoms with van der Waals surface area (Å²) < 4.78 is 8.27. The number of rotatable bonds is 16. The number of aliphatic carboxylic acids is 1. The predicted octanol–water partition coefficient (Wildman–Crippen LogP) is 3.16. The molecule has 4 aromatic rings. The molecule has 6 heteroatoms. The van der Waals surface area contributed by atoms with Gasteiger partial charge in [-0.1, -0.05) is 67.6 Å². The fourth-order valence-corrected chi connectivity index (χ4v) is 5.39. The van der Waals surface area contributed by atoms with Crippen LogP contribution in [0.2, 0.25) is 0 Å². The molecule has 214 valence electrons. The molecule has 0 bridgehead atoms. The molecular weight excluding hydrogens is 533 g/mol. The van der Waals surface area contributed by atoms with Crippen molar-refractivity contribution in [1.82, 2.24) is 4.57 Å². The zero-order chi connectivity index (χ0) is 29.0. The minimum atomic E-state index is -1.05. The van der Waals surface area contributed by atoms with Crippen molar-refractivity contribution in [2.24, 2.45) is 13.0 Å². The number of carboxylic acids is 1. The van der Waals surface area contributed by atoms with Gasteiger partial charge in [-0.05, 0) is 98.7 Å². The molecule has 0 aliphatic carbocycles. The summed E-state index contributed by atoms with van der Waals surface area (Å²) in [7, 11) is 1.94. The monoisotopic (exact) mass is 573 g/mol. The number of aromatic nitrogens is 1. The van der Waals surface area contributed by atoms with Crippen molar-refractivity contribution >= 4 is 11.8 Å². The molecule has 42 heavy (non-hydrogen) atoms. The minimum Gasteiger partial charge on any atom is -0.550 e. The number of carbonyl (C=O) groups is 2. The van der Waals surface area contributed by atoms with Gasteiger partial charge in [0.05, 0.1) is 6.61 Å². The zero-order valence-electron chi connectivity index (χ0n) is 25.2. The maximum atomic E-state index is 13.4. The van der Waals surface area contributed by atoms with E-state index in [2.05, 4.69) is 48.5 Å². The van der Waals surface area contributed by atoms with Crippen molar-refractivity contribution < 1.29 is 49.0 Å². The van der Waals surface area contributed by atoms with E-state index in [4.69, 9.17) is 4.74 Å². The largest absolute Gasteiger partial charge is 1.00 e. The predicted molar refractivity (Wildman–Crippen MR) is 161 cm³/mol. The van der Waals surface area contributed by atoms with E-state index in [1.807, 2.05) is 61.0 Å². The van der Waals surface area contributed by atoms with Crippen LogP contribution in [0.25, 0.3) is 0 Å². The van der Waals surface area contributed by atoms with Crippen LogP contribution in [0.1, 0.15) is 71.0 Å². The van der Waals surface area contributed by atoms with Crippen LogP contribution in [0.5, 0.6) is 5.75 Å². The average Bonchev–Trinajstić information content (AvgIpc) is 3.32. The molecule has 0 radical (unpaired) electrons. The first kappa shape index (κ1) is 33.4. The Labute approximate surface area is 272 Å². The molecule has 0 N–H and O–H groups in total. The summed E-state index contributed by atoms with van der Waals surface area (Å²) in [4.78, 5) is 24.2. The Morgan fingerprint density at radius 1 is 0.833 bits per heavy atom. The van der Waals surface area contributed by atoms with Crippen LogP contribution in [0.15, 0.2) is 91.0 Å². The molecule has 5 nitrogen and oxygen atoms in total. The minimum absolute atomic E-state index is 0. The van der Waals surface area contributed by atoms with Gasteiger partial charge in [-0.15, -0.1) is 0 Å². The molecule has 0 fully saturated rings. The van der Waals surface area contributed by atoms with Gasteiger partial charge >= 0.3 is 29.6 Å². The van der Waals surface area contributed by atoms with E-state index < -0.39 is 5.97 Å². The Hall–Kier alpha value is -3.12. The van der Waals surface area contributed by atoms with Crippen LogP contribution in [0, 0.1) is 5.92 Å². The number of hydrogen-bond donors (Lipinski definition) is 0. The van der Waals surface area contributed by atoms with Crippen LogP contribution in [-0.2, 0) is 37.5 Å². The summed E-state index contributed by atoms with van der Waals surface area (Å²) in [6.45, 7) is 2.65. The third-order valence-electron chi connectivity index (χ3n) is 7.82. The maximum absolute atomic E-state index is 13.4. The molecule has 0 saturated carbocycles. The second-order valence-electron chi connectivity index (χ2n) is 10.7. The standard InChI is InChI=1S/C36H41NO4.Na/c1-3-34-33(25-31(37(34)2)15-10-16-35(38)39)36(40)30-21-23-32(24-22-30)41-26-29(19-17-27-11-6-4-7-12-27)20-18-28-13-8-5-9-14-28;/h4-9,11-14,21-25,29H,3,10,15-20,26H2,1-2H3,(H,38,39);/q;+1/p-1. The van der Waals surface area contributed by atoms with Gasteiger partial charge in [0.2, 0.25) is 0 Å². The molecule has 4 rings (SSSR count). The van der Waals surface area contributed by atoms with E-state index in [1.165, 1.54) is 11.1 Å². The summed E-state index contributed by atoms with van der Waals surface area (Å²) >= 11 is 0. The fraction of sp³-hybridized carbons (Fsp3) is 0.333. The summed E-state index contributed by atoms with van der Waals surface area (Å²) in [5.74, 6) is 0.0900. The van der Waals surface area contributed by atoms with E-state index in [0.717, 1.165) is 42.8 Å². The maximum Gasteiger partial charge on any atom is 1.00 e. The van der Waals surface area contributed by atoms with Gasteiger partial charge in [-0.25, -0.2) is 0 Å². The molecule has 0 spiro atoms. The first-order chi connectivity index (χ1) is 19.9. The van der Waals surface area contributed by atoms with Crippen LogP contribution in [-0.4, -0.2) is 22.9 Å². The summed E-state index contributed by atoms with van der Waals surface area (Å²) in [6, 6.07) is 30.5. The number of nitrogens with zero attached hydrogens (tertiary/aromatic N) is 1. The number of hydrogen-bond acceptors (Lipinski definition) is 4. The number of benzene rings is 3. The molecule has 1 heterocycles. The second kappa shape index (κ2) is 17.1. The van der Waals surface area contributed by atoms with Gasteiger partial charge in [-0.2, -0.15) is 0 Å². The van der Waals surface area contributed by atoms with Gasteiger partial charge < -0.3 is 19.2 Å². The molecule has 0 aliphatic rings. The SMILES string of the molecule is CCc1c(C(=O)c2ccc(OCC(CCc3ccccc3)CCc3ccccc3)cc2)cc(CCCC(=O)[O-])n1C.[Na+]. The van der Waals surface area contributed by atoms with E-state index >= 15 is 0 Å². The summed E-state index contributed by atoms with van der Waals surface area (Å²) in [6.07, 6.45) is 5.93. The molecule has 0 aliphatic heterocycles. The quantitative estimate of drug-likeness (QED) is 0.153. The first-order valence-corrected chi connectivity index (χ1v) is 14.7. The van der Waals surface area contributed by atoms with Gasteiger partial charge in [0.15, 0.2) is 5.78 Å². The number of ketones is 1. The zero-order valence-corrected chi connectivity index (χ0v) is 27.2. The van der Waals surface area contributed by atoms with Gasteiger partial charge in [0, 0.05) is 35.5 Å². The van der Waals surface area contributed by atoms with Crippen molar-refractivity contribution in [1.29, 1.82) is 0 Å². The number of ether oxygens (including phenoxy) is 1. The third kappa shape index (κ3) is 9.72. The molecule has 0 unspecified atom stereocenters. The summed E-state index contributed by atoms with van der Waals surface area (Å²) in [5.41, 5.74) is 5.89. The van der Waals surface area contributed by atoms with E-state index in [0.29, 0.717) is 42.9 Å². The Kier molecular flexibility index (Phi) is 13.6. The Morgan fingerprint density at radius 3 is 1.93 bits per heavy atom. The number of carboxylic acid groups (broad SMARTS) is 1. The Morgan fingerprint density at radius 2 is 1.40 bits per heavy atom. The molecule has 3 aromatic carbocycles. The third-order valence-corrected chi connectivity index (χ3v) is 7.82. The van der Waals surface area contributed by atoms with Crippen molar-refractivity contribution in [3.8, 4) is 5.75 Å². The van der Waals surface area contributed by atoms with Gasteiger partial charge in [-0.3, -0.25) is 4.79 Å². The van der Waals surface area contributed by atoms with Crippen molar-refractivity contribution in [2.45, 2.75) is 58.3 Å². The Bertz CT molecular complexity index is 1350. The summed E-state index contributed by atoms with van der Waals surface area (Å²) in [5, 5.41) is 10.8. The van der Waals surface area contributed by atoms with E-state index in [1.54, 1.807) is 0 Å². The topological polar surface area (TPSA) is 71.4 Å². The van der Waals surface area contributed by atoms with Crippen molar-refractivity contribution in [3.63, 3.8) is 0 Å². The van der Waals surface area contributed by atoms with Crippen molar-refractivity contribution in [3.05, 3.63) is 125 Å². The molecular formula is C36H40NNaO4. The molecule has 0 atom stereocenters. The molecule has 0 amide bonds. The van der Waals surface area contributed by atoms with Crippen LogP contribution in [0.4, 0.5) is 0 Å². The molecule has 1 aromatic heterocycles. The average molecular weight is 574 g/mol. The van der Waals surface area contributed by atoms with Crippen LogP contribution >= 0.6 is 0 Å². The second-order valence-corrected chi connectivity index (χ2v) is 10.7. The van der Waals surface area contributed by atoms with Crippen molar-refractivity contribution in [2.75, 3.05) is 6.61 Å². The Balaban J connectivity index is 0.00000484. The normalized spacial score (nSPS) is 10.8. The van der Waals surface area contributed by atoms with E-state index in [-0.39, 0.29) is 41.8 Å². The number of aryl methyl sites for hydroxylation is 3.